The first-order valence-electron chi connectivity index (χ1n) is 4.92. The van der Waals surface area contributed by atoms with Crippen LogP contribution < -0.4 is 40.6 Å². The minimum absolute atomic E-state index is 0. The largest absolute Gasteiger partial charge is 1.00 e. The average Bonchev–Trinajstić information content (AvgIpc) is 2.20. The van der Waals surface area contributed by atoms with Crippen LogP contribution in [0.3, 0.4) is 0 Å². The Morgan fingerprint density at radius 1 is 1.21 bits per heavy atom. The Hall–Kier alpha value is -0.670. The minimum Gasteiger partial charge on any atom is -0.746 e. The molecule has 2 amide bonds. The fourth-order valence-electron chi connectivity index (χ4n) is 1.07. The van der Waals surface area contributed by atoms with E-state index < -0.39 is 33.2 Å². The quantitative estimate of drug-likeness (QED) is 0.225. The topological polar surface area (TPSA) is 129 Å². The summed E-state index contributed by atoms with van der Waals surface area (Å²) in [5.74, 6) is -2.57. The van der Waals surface area contributed by atoms with E-state index in [9.17, 15) is 22.6 Å². The van der Waals surface area contributed by atoms with E-state index in [0.717, 1.165) is 0 Å². The van der Waals surface area contributed by atoms with E-state index in [1.807, 2.05) is 5.32 Å². The van der Waals surface area contributed by atoms with Gasteiger partial charge >= 0.3 is 29.6 Å². The number of nitrogens with two attached hydrogens (primary N) is 1. The van der Waals surface area contributed by atoms with Crippen LogP contribution in [0.1, 0.15) is 13.8 Å². The van der Waals surface area contributed by atoms with Crippen LogP contribution in [0.25, 0.3) is 0 Å². The summed E-state index contributed by atoms with van der Waals surface area (Å²) >= 11 is 0. The maximum atomic E-state index is 11.6. The normalized spacial score (nSPS) is 12.2. The predicted octanol–water partition coefficient (Wildman–Crippen LogP) is -3.77. The summed E-state index contributed by atoms with van der Waals surface area (Å²) in [4.78, 5) is 22.3. The zero-order valence-electron chi connectivity index (χ0n) is 11.1. The van der Waals surface area contributed by atoms with E-state index in [2.05, 4.69) is 13.2 Å². The van der Waals surface area contributed by atoms with Gasteiger partial charge in [-0.15, -0.1) is 0 Å². The Balaban J connectivity index is 0. The molecule has 0 rings (SSSR count). The second-order valence-corrected chi connectivity index (χ2v) is 5.45. The molecule has 1 atom stereocenters. The molecule has 1 unspecified atom stereocenters. The summed E-state index contributed by atoms with van der Waals surface area (Å²) in [6, 6.07) is 0. The van der Waals surface area contributed by atoms with Crippen molar-refractivity contribution in [3.05, 3.63) is 24.3 Å². The molecule has 102 valence electrons. The van der Waals surface area contributed by atoms with Crippen LogP contribution in [-0.2, 0) is 19.7 Å². The predicted molar refractivity (Wildman–Crippen MR) is 63.9 cm³/mol. The molecule has 0 saturated carbocycles. The van der Waals surface area contributed by atoms with E-state index in [0.29, 0.717) is 0 Å². The van der Waals surface area contributed by atoms with Gasteiger partial charge in [0, 0.05) is 11.1 Å². The molecule has 0 aromatic carbocycles. The summed E-state index contributed by atoms with van der Waals surface area (Å²) in [6.07, 6.45) is 0. The third-order valence-corrected chi connectivity index (χ3v) is 3.41. The van der Waals surface area contributed by atoms with Gasteiger partial charge < -0.3 is 15.6 Å². The zero-order valence-corrected chi connectivity index (χ0v) is 13.9. The molecule has 0 aliphatic rings. The first-order chi connectivity index (χ1) is 7.98. The molecule has 0 saturated heterocycles. The number of carbonyl (C=O) groups is 2. The van der Waals surface area contributed by atoms with Crippen molar-refractivity contribution < 1.29 is 52.1 Å². The smallest absolute Gasteiger partial charge is 0.746 e. The van der Waals surface area contributed by atoms with Crippen molar-refractivity contribution in [1.82, 2.24) is 5.32 Å². The number of primary amides is 1. The van der Waals surface area contributed by atoms with Gasteiger partial charge in [-0.05, 0) is 5.92 Å². The Kier molecular flexibility index (Phi) is 8.48. The summed E-state index contributed by atoms with van der Waals surface area (Å²) in [5, 5.41) is 0.376. The fraction of sp³-hybridized carbons (Fsp3) is 0.400. The summed E-state index contributed by atoms with van der Waals surface area (Å²) < 4.78 is 32.8. The average molecular weight is 298 g/mol. The molecule has 0 fully saturated rings. The van der Waals surface area contributed by atoms with Crippen LogP contribution >= 0.6 is 0 Å². The SMILES string of the molecule is C=C(C(=C)C(=O)NC(C(C)C)S(=O)(=O)[O-])C(N)=O.[Na+]. The minimum atomic E-state index is -4.71. The molecule has 0 heterocycles. The maximum absolute atomic E-state index is 11.6. The van der Waals surface area contributed by atoms with Crippen LogP contribution in [0.15, 0.2) is 24.3 Å². The number of carbonyl (C=O) groups excluding carboxylic acids is 2. The van der Waals surface area contributed by atoms with Crippen molar-refractivity contribution in [2.75, 3.05) is 0 Å². The van der Waals surface area contributed by atoms with Crippen molar-refractivity contribution in [3.8, 4) is 0 Å². The molecular formula is C10H15N2NaO5S. The Morgan fingerprint density at radius 2 is 1.63 bits per heavy atom. The van der Waals surface area contributed by atoms with E-state index >= 15 is 0 Å². The van der Waals surface area contributed by atoms with Crippen LogP contribution in [0.2, 0.25) is 0 Å². The van der Waals surface area contributed by atoms with Crippen molar-refractivity contribution in [3.63, 3.8) is 0 Å². The summed E-state index contributed by atoms with van der Waals surface area (Å²) in [5.41, 5.74) is 4.17. The molecule has 7 nitrogen and oxygen atoms in total. The molecular weight excluding hydrogens is 283 g/mol. The van der Waals surface area contributed by atoms with Crippen molar-refractivity contribution in [2.45, 2.75) is 19.2 Å². The number of hydrogen-bond acceptors (Lipinski definition) is 5. The molecule has 0 radical (unpaired) electrons. The number of nitrogens with one attached hydrogen (secondary N) is 1. The van der Waals surface area contributed by atoms with Gasteiger partial charge in [0.25, 0.3) is 5.91 Å². The third kappa shape index (κ3) is 6.35. The second kappa shape index (κ2) is 7.81. The van der Waals surface area contributed by atoms with Crippen LogP contribution in [0.5, 0.6) is 0 Å². The van der Waals surface area contributed by atoms with Gasteiger partial charge in [-0.25, -0.2) is 8.42 Å². The van der Waals surface area contributed by atoms with Gasteiger partial charge in [0.05, 0.1) is 0 Å². The maximum Gasteiger partial charge on any atom is 1.00 e. The molecule has 0 spiro atoms. The Labute approximate surface area is 134 Å². The molecule has 0 aliphatic heterocycles. The third-order valence-electron chi connectivity index (χ3n) is 2.13. The standard InChI is InChI=1S/C10H16N2O5S.Na/c1-5(2)10(18(15,16)17)12-9(14)7(4)6(3)8(11)13;/h5,10H,3-4H2,1-2H3,(H2,11,13)(H,12,14)(H,15,16,17);/q;+1/p-1. The molecule has 19 heavy (non-hydrogen) atoms. The molecule has 0 bridgehead atoms. The number of amides is 2. The van der Waals surface area contributed by atoms with Gasteiger partial charge in [-0.3, -0.25) is 9.59 Å². The molecule has 0 aliphatic carbocycles. The fourth-order valence-corrected chi connectivity index (χ4v) is 1.99. The summed E-state index contributed by atoms with van der Waals surface area (Å²) in [7, 11) is -4.71. The zero-order chi connectivity index (χ0) is 14.7. The van der Waals surface area contributed by atoms with Crippen LogP contribution in [0, 0.1) is 5.92 Å². The van der Waals surface area contributed by atoms with E-state index in [-0.39, 0.29) is 40.7 Å². The molecule has 0 aromatic rings. The van der Waals surface area contributed by atoms with Gasteiger partial charge in [-0.2, -0.15) is 0 Å². The van der Waals surface area contributed by atoms with E-state index in [1.54, 1.807) is 0 Å². The first-order valence-corrected chi connectivity index (χ1v) is 6.39. The number of rotatable bonds is 6. The van der Waals surface area contributed by atoms with Gasteiger partial charge in [0.2, 0.25) is 5.91 Å². The second-order valence-electron chi connectivity index (χ2n) is 3.95. The molecule has 9 heteroatoms. The van der Waals surface area contributed by atoms with Crippen LogP contribution in [0.4, 0.5) is 0 Å². The Morgan fingerprint density at radius 3 is 1.89 bits per heavy atom. The monoisotopic (exact) mass is 298 g/mol. The Bertz CT molecular complexity index is 498. The van der Waals surface area contributed by atoms with Crippen molar-refractivity contribution in [1.29, 1.82) is 0 Å². The van der Waals surface area contributed by atoms with E-state index in [1.165, 1.54) is 13.8 Å². The van der Waals surface area contributed by atoms with Gasteiger partial charge in [0.15, 0.2) is 0 Å². The summed E-state index contributed by atoms with van der Waals surface area (Å²) in [6.45, 7) is 9.39. The van der Waals surface area contributed by atoms with Crippen molar-refractivity contribution >= 4 is 21.9 Å². The van der Waals surface area contributed by atoms with Gasteiger partial charge in [-0.1, -0.05) is 27.0 Å². The first kappa shape index (κ1) is 20.6. The number of hydrogen-bond donors (Lipinski definition) is 2. The van der Waals surface area contributed by atoms with Crippen LogP contribution in [-0.4, -0.2) is 30.2 Å². The van der Waals surface area contributed by atoms with E-state index in [4.69, 9.17) is 5.73 Å². The molecule has 3 N–H and O–H groups in total. The van der Waals surface area contributed by atoms with Crippen molar-refractivity contribution in [2.24, 2.45) is 11.7 Å². The molecule has 0 aromatic heterocycles. The van der Waals surface area contributed by atoms with Gasteiger partial charge in [0.1, 0.15) is 15.5 Å².